The van der Waals surface area contributed by atoms with Crippen LogP contribution >= 0.6 is 22.9 Å². The van der Waals surface area contributed by atoms with Gasteiger partial charge in [-0.15, -0.1) is 17.3 Å². The van der Waals surface area contributed by atoms with Gasteiger partial charge in [0.15, 0.2) is 9.84 Å². The Bertz CT molecular complexity index is 1370. The molecule has 3 aromatic rings. The first-order valence-corrected chi connectivity index (χ1v) is 12.0. The third-order valence-corrected chi connectivity index (χ3v) is 9.79. The van der Waals surface area contributed by atoms with Crippen LogP contribution in [-0.4, -0.2) is 24.8 Å². The summed E-state index contributed by atoms with van der Waals surface area (Å²) in [5, 5.41) is 2.58. The molecule has 4 rings (SSSR count). The predicted molar refractivity (Wildman–Crippen MR) is 124 cm³/mol. The largest absolute Gasteiger partial charge is 0.386 e. The summed E-state index contributed by atoms with van der Waals surface area (Å²) < 4.78 is 26.9. The number of hydrogen-bond acceptors (Lipinski definition) is 5. The van der Waals surface area contributed by atoms with Crippen LogP contribution in [0, 0.1) is 11.8 Å². The molecule has 0 saturated carbocycles. The molecule has 7 heteroatoms. The van der Waals surface area contributed by atoms with Gasteiger partial charge in [-0.3, -0.25) is 4.99 Å². The molecule has 150 valence electrons. The van der Waals surface area contributed by atoms with E-state index < -0.39 is 20.1 Å². The van der Waals surface area contributed by atoms with E-state index in [1.807, 2.05) is 25.1 Å². The minimum Gasteiger partial charge on any atom is -0.386 e. The van der Waals surface area contributed by atoms with Gasteiger partial charge in [-0.2, -0.15) is 0 Å². The third kappa shape index (κ3) is 3.04. The fourth-order valence-electron chi connectivity index (χ4n) is 3.71. The lowest BCUT2D eigenvalue weighted by Gasteiger charge is -2.38. The van der Waals surface area contributed by atoms with E-state index in [4.69, 9.17) is 17.3 Å². The van der Waals surface area contributed by atoms with E-state index in [9.17, 15) is 8.42 Å². The maximum atomic E-state index is 12.9. The number of halogens is 1. The van der Waals surface area contributed by atoms with E-state index in [2.05, 4.69) is 29.0 Å². The van der Waals surface area contributed by atoms with Crippen molar-refractivity contribution in [2.45, 2.75) is 38.0 Å². The molecule has 1 aliphatic heterocycles. The average Bonchev–Trinajstić information content (AvgIpc) is 2.96. The van der Waals surface area contributed by atoms with Crippen molar-refractivity contribution < 1.29 is 8.42 Å². The lowest BCUT2D eigenvalue weighted by Crippen LogP contribution is -2.54. The van der Waals surface area contributed by atoms with Crippen LogP contribution in [0.1, 0.15) is 38.8 Å². The maximum absolute atomic E-state index is 12.9. The zero-order valence-corrected chi connectivity index (χ0v) is 19.0. The minimum absolute atomic E-state index is 0.109. The van der Waals surface area contributed by atoms with Crippen LogP contribution < -0.4 is 5.73 Å². The Morgan fingerprint density at radius 2 is 1.83 bits per heavy atom. The highest BCUT2D eigenvalue weighted by Crippen LogP contribution is 2.44. The van der Waals surface area contributed by atoms with Crippen molar-refractivity contribution in [1.82, 2.24) is 0 Å². The van der Waals surface area contributed by atoms with Crippen LogP contribution in [0.4, 0.5) is 0 Å². The Hall–Kier alpha value is -2.07. The molecular weight excluding hydrogens is 424 g/mol. The summed E-state index contributed by atoms with van der Waals surface area (Å²) >= 11 is 8.27. The van der Waals surface area contributed by atoms with Crippen molar-refractivity contribution in [3.8, 4) is 11.8 Å². The Balaban J connectivity index is 2.00. The average molecular weight is 445 g/mol. The molecule has 0 spiro atoms. The Labute approximate surface area is 179 Å². The first kappa shape index (κ1) is 20.2. The standard InChI is InChI=1S/C22H21ClN2O2S2/c1-5-6-13-7-8-18-14(9-13)15-10-16(17(23)11-19(15)28-18)22(4)12-29(26,27)21(2,3)20(24)25-22/h7-11H,12H2,1-4H3,(H2,24,25)/t22-/m0/s1. The normalized spacial score (nSPS) is 22.9. The summed E-state index contributed by atoms with van der Waals surface area (Å²) in [5.74, 6) is 5.97. The second kappa shape index (κ2) is 6.46. The number of amidine groups is 1. The molecule has 2 N–H and O–H groups in total. The highest BCUT2D eigenvalue weighted by atomic mass is 35.5. The molecule has 1 aliphatic rings. The summed E-state index contributed by atoms with van der Waals surface area (Å²) in [6.45, 7) is 6.77. The molecule has 4 nitrogen and oxygen atoms in total. The minimum atomic E-state index is -3.51. The fourth-order valence-corrected chi connectivity index (χ4v) is 6.94. The van der Waals surface area contributed by atoms with E-state index >= 15 is 0 Å². The summed E-state index contributed by atoms with van der Waals surface area (Å²) in [5.41, 5.74) is 6.66. The van der Waals surface area contributed by atoms with Crippen LogP contribution in [-0.2, 0) is 15.4 Å². The van der Waals surface area contributed by atoms with Crippen molar-refractivity contribution in [3.05, 3.63) is 46.5 Å². The van der Waals surface area contributed by atoms with Crippen LogP contribution in [0.15, 0.2) is 35.3 Å². The van der Waals surface area contributed by atoms with Gasteiger partial charge in [-0.25, -0.2) is 8.42 Å². The Kier molecular flexibility index (Phi) is 4.51. The van der Waals surface area contributed by atoms with Crippen molar-refractivity contribution in [2.75, 3.05) is 5.75 Å². The van der Waals surface area contributed by atoms with Gasteiger partial charge in [-0.05, 0) is 63.6 Å². The van der Waals surface area contributed by atoms with E-state index in [0.29, 0.717) is 10.6 Å². The van der Waals surface area contributed by atoms with E-state index in [1.165, 1.54) is 0 Å². The first-order valence-electron chi connectivity index (χ1n) is 9.16. The van der Waals surface area contributed by atoms with Crippen molar-refractivity contribution in [2.24, 2.45) is 10.7 Å². The molecule has 0 unspecified atom stereocenters. The number of aliphatic imine (C=N–C) groups is 1. The van der Waals surface area contributed by atoms with Gasteiger partial charge in [0.05, 0.1) is 5.75 Å². The van der Waals surface area contributed by atoms with Gasteiger partial charge in [0.25, 0.3) is 0 Å². The quantitative estimate of drug-likeness (QED) is 0.545. The van der Waals surface area contributed by atoms with Crippen molar-refractivity contribution in [3.63, 3.8) is 0 Å². The summed E-state index contributed by atoms with van der Waals surface area (Å²) in [6.07, 6.45) is 0. The second-order valence-electron chi connectivity index (χ2n) is 8.06. The summed E-state index contributed by atoms with van der Waals surface area (Å²) in [7, 11) is -3.51. The number of fused-ring (bicyclic) bond motifs is 3. The Morgan fingerprint density at radius 3 is 2.48 bits per heavy atom. The van der Waals surface area contributed by atoms with E-state index in [0.717, 1.165) is 25.7 Å². The molecule has 1 atom stereocenters. The molecule has 2 aromatic carbocycles. The first-order chi connectivity index (χ1) is 13.5. The highest BCUT2D eigenvalue weighted by Gasteiger charge is 2.49. The molecule has 29 heavy (non-hydrogen) atoms. The maximum Gasteiger partial charge on any atom is 0.165 e. The molecule has 0 amide bonds. The summed E-state index contributed by atoms with van der Waals surface area (Å²) in [4.78, 5) is 4.62. The van der Waals surface area contributed by atoms with Gasteiger partial charge in [0.1, 0.15) is 16.1 Å². The van der Waals surface area contributed by atoms with E-state index in [-0.39, 0.29) is 11.6 Å². The lowest BCUT2D eigenvalue weighted by atomic mass is 9.92. The van der Waals surface area contributed by atoms with Gasteiger partial charge < -0.3 is 5.73 Å². The molecule has 0 fully saturated rings. The number of rotatable bonds is 1. The van der Waals surface area contributed by atoms with Gasteiger partial charge in [-0.1, -0.05) is 17.5 Å². The molecule has 0 saturated heterocycles. The molecule has 0 aliphatic carbocycles. The number of hydrogen-bond donors (Lipinski definition) is 1. The predicted octanol–water partition coefficient (Wildman–Crippen LogP) is 4.86. The monoisotopic (exact) mass is 444 g/mol. The second-order valence-corrected chi connectivity index (χ2v) is 12.1. The van der Waals surface area contributed by atoms with E-state index in [1.54, 1.807) is 32.1 Å². The molecule has 1 aromatic heterocycles. The number of sulfone groups is 1. The fraction of sp³-hybridized carbons (Fsp3) is 0.318. The molecular formula is C22H21ClN2O2S2. The number of benzene rings is 2. The van der Waals surface area contributed by atoms with Gasteiger partial charge in [0.2, 0.25) is 0 Å². The molecule has 0 bridgehead atoms. The van der Waals surface area contributed by atoms with Crippen LogP contribution in [0.3, 0.4) is 0 Å². The number of nitrogens with zero attached hydrogens (tertiary/aromatic N) is 1. The van der Waals surface area contributed by atoms with Crippen LogP contribution in [0.5, 0.6) is 0 Å². The third-order valence-electron chi connectivity index (χ3n) is 5.64. The topological polar surface area (TPSA) is 72.5 Å². The van der Waals surface area contributed by atoms with Gasteiger partial charge in [0, 0.05) is 30.8 Å². The molecule has 0 radical (unpaired) electrons. The summed E-state index contributed by atoms with van der Waals surface area (Å²) in [6, 6.07) is 9.97. The van der Waals surface area contributed by atoms with Crippen LogP contribution in [0.2, 0.25) is 5.02 Å². The SMILES string of the molecule is CC#Cc1ccc2sc3cc(Cl)c([C@]4(C)CS(=O)(=O)C(C)(C)C(N)=N4)cc3c2c1. The zero-order valence-electron chi connectivity index (χ0n) is 16.6. The lowest BCUT2D eigenvalue weighted by molar-refractivity contribution is 0.502. The number of nitrogens with two attached hydrogens (primary N) is 1. The Morgan fingerprint density at radius 1 is 1.14 bits per heavy atom. The zero-order chi connectivity index (χ0) is 21.2. The smallest absolute Gasteiger partial charge is 0.165 e. The van der Waals surface area contributed by atoms with Crippen LogP contribution in [0.25, 0.3) is 20.2 Å². The number of thiophene rings is 1. The van der Waals surface area contributed by atoms with Crippen molar-refractivity contribution >= 4 is 58.8 Å². The van der Waals surface area contributed by atoms with Crippen molar-refractivity contribution in [1.29, 1.82) is 0 Å². The molecule has 2 heterocycles. The van der Waals surface area contributed by atoms with Gasteiger partial charge >= 0.3 is 0 Å². The highest BCUT2D eigenvalue weighted by molar-refractivity contribution is 7.93.